The number of aliphatic imine (C=N–C) groups is 2. The first-order chi connectivity index (χ1) is 28.6. The number of ether oxygens (including phenoxy) is 2. The van der Waals surface area contributed by atoms with Crippen molar-refractivity contribution >= 4 is 57.7 Å². The second-order valence-corrected chi connectivity index (χ2v) is 16.3. The lowest BCUT2D eigenvalue weighted by molar-refractivity contribution is -0.140. The number of aryl methyl sites for hydroxylation is 3. The maximum absolute atomic E-state index is 14.7. The number of amidine groups is 1. The number of benzene rings is 4. The van der Waals surface area contributed by atoms with E-state index in [1.165, 1.54) is 10.5 Å². The van der Waals surface area contributed by atoms with Crippen LogP contribution in [0.3, 0.4) is 0 Å². The van der Waals surface area contributed by atoms with Crippen LogP contribution in [0, 0.1) is 26.2 Å². The van der Waals surface area contributed by atoms with Gasteiger partial charge < -0.3 is 25.0 Å². The van der Waals surface area contributed by atoms with Gasteiger partial charge in [0.1, 0.15) is 17.9 Å². The summed E-state index contributed by atoms with van der Waals surface area (Å²) in [5, 5.41) is 6.35. The number of nitrogens with one attached hydrogen (secondary N) is 2. The summed E-state index contributed by atoms with van der Waals surface area (Å²) in [6.07, 6.45) is 0.635. The monoisotopic (exact) mass is 814 g/mol. The summed E-state index contributed by atoms with van der Waals surface area (Å²) in [6, 6.07) is 26.6. The molecule has 5 rings (SSSR count). The lowest BCUT2D eigenvalue weighted by Gasteiger charge is -2.38. The first-order valence-corrected chi connectivity index (χ1v) is 21.1. The molecule has 0 saturated carbocycles. The molecule has 1 aliphatic heterocycles. The molecule has 1 heterocycles. The van der Waals surface area contributed by atoms with Crippen molar-refractivity contribution in [2.45, 2.75) is 107 Å². The van der Waals surface area contributed by atoms with E-state index >= 15 is 0 Å². The molecule has 0 fully saturated rings. The van der Waals surface area contributed by atoms with E-state index in [1.807, 2.05) is 89.2 Å². The topological polar surface area (TPSA) is 125 Å². The summed E-state index contributed by atoms with van der Waals surface area (Å²) in [7, 11) is 0. The first-order valence-electron chi connectivity index (χ1n) is 21.1. The number of anilines is 4. The molecule has 0 radical (unpaired) electrons. The lowest BCUT2D eigenvalue weighted by atomic mass is 9.78. The maximum Gasteiger partial charge on any atom is 0.278 e. The molecule has 1 atom stereocenters. The molecule has 0 aliphatic carbocycles. The fraction of sp³-hybridized carbons (Fsp3) is 0.408. The number of para-hydroxylation sites is 1. The van der Waals surface area contributed by atoms with E-state index in [-0.39, 0.29) is 36.5 Å². The zero-order valence-electron chi connectivity index (χ0n) is 37.2. The maximum atomic E-state index is 14.7. The van der Waals surface area contributed by atoms with Crippen LogP contribution in [0.2, 0.25) is 0 Å². The highest BCUT2D eigenvalue weighted by atomic mass is 16.7. The van der Waals surface area contributed by atoms with Crippen molar-refractivity contribution in [1.29, 1.82) is 0 Å². The van der Waals surface area contributed by atoms with Gasteiger partial charge in [0.15, 0.2) is 11.5 Å². The van der Waals surface area contributed by atoms with Crippen molar-refractivity contribution < 1.29 is 23.9 Å². The van der Waals surface area contributed by atoms with Crippen LogP contribution in [0.4, 0.5) is 28.4 Å². The van der Waals surface area contributed by atoms with Gasteiger partial charge in [-0.3, -0.25) is 19.3 Å². The molecule has 4 aromatic rings. The van der Waals surface area contributed by atoms with Crippen molar-refractivity contribution in [1.82, 2.24) is 0 Å². The number of carbonyl (C=O) groups is 3. The molecule has 4 aromatic carbocycles. The first kappa shape index (κ1) is 45.3. The second-order valence-electron chi connectivity index (χ2n) is 16.3. The van der Waals surface area contributed by atoms with Crippen molar-refractivity contribution in [3.63, 3.8) is 0 Å². The van der Waals surface area contributed by atoms with Crippen LogP contribution in [-0.4, -0.2) is 55.4 Å². The Balaban J connectivity index is 1.49. The Morgan fingerprint density at radius 2 is 1.57 bits per heavy atom. The van der Waals surface area contributed by atoms with Crippen LogP contribution >= 0.6 is 0 Å². The number of hydrogen-bond acceptors (Lipinski definition) is 8. The zero-order valence-corrected chi connectivity index (χ0v) is 37.2. The van der Waals surface area contributed by atoms with E-state index in [2.05, 4.69) is 68.1 Å². The van der Waals surface area contributed by atoms with Crippen LogP contribution in [0.1, 0.15) is 96.9 Å². The molecular formula is C49H62N6O5. The highest BCUT2D eigenvalue weighted by Crippen LogP contribution is 2.38. The van der Waals surface area contributed by atoms with Crippen LogP contribution < -0.4 is 25.2 Å². The van der Waals surface area contributed by atoms with Gasteiger partial charge in [-0.15, -0.1) is 0 Å². The fourth-order valence-corrected chi connectivity index (χ4v) is 7.33. The molecule has 0 saturated heterocycles. The number of rotatable bonds is 17. The van der Waals surface area contributed by atoms with E-state index in [0.29, 0.717) is 29.2 Å². The van der Waals surface area contributed by atoms with Crippen LogP contribution in [0.5, 0.6) is 5.75 Å². The van der Waals surface area contributed by atoms with E-state index in [0.717, 1.165) is 41.2 Å². The van der Waals surface area contributed by atoms with Crippen LogP contribution in [0.15, 0.2) is 94.9 Å². The molecule has 3 amide bonds. The van der Waals surface area contributed by atoms with Crippen molar-refractivity contribution in [2.24, 2.45) is 15.4 Å². The van der Waals surface area contributed by atoms with Gasteiger partial charge in [0, 0.05) is 36.6 Å². The van der Waals surface area contributed by atoms with Gasteiger partial charge >= 0.3 is 0 Å². The van der Waals surface area contributed by atoms with Gasteiger partial charge in [0.25, 0.3) is 11.8 Å². The Morgan fingerprint density at radius 3 is 2.18 bits per heavy atom. The summed E-state index contributed by atoms with van der Waals surface area (Å²) < 4.78 is 12.5. The number of hydrogen-bond donors (Lipinski definition) is 2. The van der Waals surface area contributed by atoms with Gasteiger partial charge in [-0.2, -0.15) is 4.99 Å². The molecular weight excluding hydrogens is 753 g/mol. The van der Waals surface area contributed by atoms with E-state index in [1.54, 1.807) is 24.3 Å². The third kappa shape index (κ3) is 9.96. The summed E-state index contributed by atoms with van der Waals surface area (Å²) in [6.45, 7) is 24.0. The minimum absolute atomic E-state index is 0.107. The quantitative estimate of drug-likeness (QED) is 0.0618. The molecule has 0 spiro atoms. The standard InChI is InChI=1S/C49H62N6O5/c1-12-42(60-41-27-22-32(6)28-38(41)48(9,10)11)59-31-50-35-24-23-33(7)40(30-35)52-45(56)43(51-39-26-25-37(29-34(39)8)54(15-4)16-5)44-53-46(57)49(13-2,14-3)47(58)55(44)36-20-18-17-19-21-36/h17-30,42,50H,12-16,31H2,1-11H3,(H,52,56). The normalized spacial score (nSPS) is 14.8. The number of amides is 3. The molecule has 1 aliphatic rings. The average Bonchev–Trinajstić information content (AvgIpc) is 3.22. The van der Waals surface area contributed by atoms with Crippen molar-refractivity contribution in [3.8, 4) is 5.75 Å². The van der Waals surface area contributed by atoms with Crippen molar-refractivity contribution in [3.05, 3.63) is 107 Å². The Bertz CT molecular complexity index is 2230. The molecule has 318 valence electrons. The molecule has 60 heavy (non-hydrogen) atoms. The molecule has 11 nitrogen and oxygen atoms in total. The van der Waals surface area contributed by atoms with Crippen LogP contribution in [-0.2, 0) is 24.5 Å². The molecule has 2 N–H and O–H groups in total. The zero-order chi connectivity index (χ0) is 43.8. The predicted molar refractivity (Wildman–Crippen MR) is 245 cm³/mol. The highest BCUT2D eigenvalue weighted by molar-refractivity contribution is 6.73. The third-order valence-corrected chi connectivity index (χ3v) is 11.2. The highest BCUT2D eigenvalue weighted by Gasteiger charge is 2.51. The predicted octanol–water partition coefficient (Wildman–Crippen LogP) is 10.4. The molecule has 1 unspecified atom stereocenters. The van der Waals surface area contributed by atoms with Crippen LogP contribution in [0.25, 0.3) is 0 Å². The van der Waals surface area contributed by atoms with Gasteiger partial charge in [0.05, 0.1) is 11.4 Å². The van der Waals surface area contributed by atoms with E-state index < -0.39 is 29.4 Å². The Kier molecular flexibility index (Phi) is 14.7. The smallest absolute Gasteiger partial charge is 0.278 e. The van der Waals surface area contributed by atoms with Gasteiger partial charge in [-0.25, -0.2) is 4.99 Å². The summed E-state index contributed by atoms with van der Waals surface area (Å²) >= 11 is 0. The summed E-state index contributed by atoms with van der Waals surface area (Å²) in [5.74, 6) is -1.02. The Labute approximate surface area is 356 Å². The Hall–Kier alpha value is -5.81. The molecule has 0 bridgehead atoms. The lowest BCUT2D eigenvalue weighted by Crippen LogP contribution is -2.58. The second kappa shape index (κ2) is 19.5. The minimum atomic E-state index is -1.38. The molecule has 11 heteroatoms. The number of nitrogens with zero attached hydrogens (tertiary/aromatic N) is 4. The molecule has 0 aromatic heterocycles. The SMILES string of the molecule is CCC(OCNc1ccc(C)c(NC(=O)C(=Nc2ccc(N(CC)CC)cc2C)C2=NC(=O)C(CC)(CC)C(=O)N2c2ccccc2)c1)Oc1ccc(C)cc1C(C)(C)C. The Morgan fingerprint density at radius 1 is 0.867 bits per heavy atom. The van der Waals surface area contributed by atoms with E-state index in [4.69, 9.17) is 14.5 Å². The largest absolute Gasteiger partial charge is 0.465 e. The van der Waals surface area contributed by atoms with E-state index in [9.17, 15) is 14.4 Å². The van der Waals surface area contributed by atoms with Gasteiger partial charge in [-0.1, -0.05) is 83.5 Å². The van der Waals surface area contributed by atoms with Crippen molar-refractivity contribution in [2.75, 3.05) is 40.3 Å². The van der Waals surface area contributed by atoms with Gasteiger partial charge in [-0.05, 0) is 118 Å². The third-order valence-electron chi connectivity index (χ3n) is 11.2. The number of carbonyl (C=O) groups excluding carboxylic acids is 3. The minimum Gasteiger partial charge on any atom is -0.465 e. The fourth-order valence-electron chi connectivity index (χ4n) is 7.33. The van der Waals surface area contributed by atoms with Gasteiger partial charge in [0.2, 0.25) is 12.2 Å². The average molecular weight is 815 g/mol. The summed E-state index contributed by atoms with van der Waals surface area (Å²) in [4.78, 5) is 56.3. The summed E-state index contributed by atoms with van der Waals surface area (Å²) in [5.41, 5.74) is 5.42.